The van der Waals surface area contributed by atoms with Gasteiger partial charge in [-0.05, 0) is 57.5 Å². The first kappa shape index (κ1) is 22.5. The van der Waals surface area contributed by atoms with Crippen LogP contribution in [0.25, 0.3) is 12.0 Å². The van der Waals surface area contributed by atoms with Crippen LogP contribution in [0.1, 0.15) is 56.9 Å². The van der Waals surface area contributed by atoms with E-state index in [1.54, 1.807) is 4.68 Å². The number of fused-ring (bicyclic) bond motifs is 1. The molecule has 34 heavy (non-hydrogen) atoms. The fourth-order valence-corrected chi connectivity index (χ4v) is 5.10. The van der Waals surface area contributed by atoms with E-state index >= 15 is 0 Å². The number of benzene rings is 1. The van der Waals surface area contributed by atoms with Crippen LogP contribution in [0, 0.1) is 13.8 Å². The highest BCUT2D eigenvalue weighted by molar-refractivity contribution is 6.30. The molecule has 176 valence electrons. The molecule has 4 heterocycles. The average Bonchev–Trinajstić information content (AvgIpc) is 3.35. The van der Waals surface area contributed by atoms with Crippen LogP contribution in [-0.2, 0) is 5.41 Å². The highest BCUT2D eigenvalue weighted by Gasteiger charge is 2.39. The van der Waals surface area contributed by atoms with Crippen molar-refractivity contribution in [2.24, 2.45) is 5.10 Å². The summed E-state index contributed by atoms with van der Waals surface area (Å²) in [6.07, 6.45) is 2.91. The highest BCUT2D eigenvalue weighted by atomic mass is 35.5. The fourth-order valence-electron chi connectivity index (χ4n) is 4.93. The highest BCUT2D eigenvalue weighted by Crippen LogP contribution is 2.48. The monoisotopic (exact) mass is 476 g/mol. The van der Waals surface area contributed by atoms with Crippen LogP contribution in [0.2, 0.25) is 5.02 Å². The van der Waals surface area contributed by atoms with Crippen molar-refractivity contribution < 1.29 is 0 Å². The smallest absolute Gasteiger partial charge is 0.256 e. The predicted molar refractivity (Wildman–Crippen MR) is 137 cm³/mol. The number of aromatic nitrogens is 5. The van der Waals surface area contributed by atoms with E-state index in [9.17, 15) is 0 Å². The maximum atomic E-state index is 6.33. The van der Waals surface area contributed by atoms with Crippen molar-refractivity contribution in [1.29, 1.82) is 0 Å². The number of halogens is 1. The molecule has 5 rings (SSSR count). The number of anilines is 2. The molecule has 9 heteroatoms. The number of allylic oxidation sites excluding steroid dienone is 1. The van der Waals surface area contributed by atoms with Gasteiger partial charge < -0.3 is 4.90 Å². The van der Waals surface area contributed by atoms with Crippen LogP contribution in [-0.4, -0.2) is 43.5 Å². The van der Waals surface area contributed by atoms with Gasteiger partial charge in [0.15, 0.2) is 5.82 Å². The van der Waals surface area contributed by atoms with Crippen molar-refractivity contribution >= 4 is 35.0 Å². The molecule has 0 saturated carbocycles. The molecule has 3 aromatic rings. The summed E-state index contributed by atoms with van der Waals surface area (Å²) >= 11 is 6.33. The molecule has 8 nitrogen and oxygen atoms in total. The summed E-state index contributed by atoms with van der Waals surface area (Å²) in [5, 5.41) is 11.9. The number of hydrazone groups is 1. The minimum Gasteiger partial charge on any atom is -0.347 e. The second-order valence-electron chi connectivity index (χ2n) is 9.74. The van der Waals surface area contributed by atoms with Crippen molar-refractivity contribution in [2.75, 3.05) is 17.0 Å². The van der Waals surface area contributed by atoms with Gasteiger partial charge in [-0.25, -0.2) is 9.69 Å². The molecule has 2 aliphatic rings. The third-order valence-corrected chi connectivity index (χ3v) is 6.82. The molecule has 0 radical (unpaired) electrons. The van der Waals surface area contributed by atoms with Crippen LogP contribution in [0.5, 0.6) is 0 Å². The first-order valence-corrected chi connectivity index (χ1v) is 11.8. The van der Waals surface area contributed by atoms with Gasteiger partial charge in [-0.15, -0.1) is 0 Å². The van der Waals surface area contributed by atoms with Crippen molar-refractivity contribution in [2.45, 2.75) is 59.4 Å². The molecule has 0 saturated heterocycles. The van der Waals surface area contributed by atoms with Crippen LogP contribution in [0.15, 0.2) is 35.1 Å². The van der Waals surface area contributed by atoms with Gasteiger partial charge >= 0.3 is 0 Å². The van der Waals surface area contributed by atoms with Gasteiger partial charge in [0, 0.05) is 52.8 Å². The maximum Gasteiger partial charge on any atom is 0.256 e. The fraction of sp³-hybridized carbons (Fsp3) is 0.400. The Balaban J connectivity index is 1.67. The third kappa shape index (κ3) is 3.66. The lowest BCUT2D eigenvalue weighted by molar-refractivity contribution is 0.643. The molecule has 2 aliphatic heterocycles. The van der Waals surface area contributed by atoms with E-state index in [0.717, 1.165) is 39.9 Å². The molecule has 0 N–H and O–H groups in total. The summed E-state index contributed by atoms with van der Waals surface area (Å²) in [4.78, 5) is 16.6. The van der Waals surface area contributed by atoms with E-state index in [-0.39, 0.29) is 11.5 Å². The summed E-state index contributed by atoms with van der Waals surface area (Å²) in [5.74, 6) is 1.56. The van der Waals surface area contributed by atoms with Crippen LogP contribution in [0.3, 0.4) is 0 Å². The van der Waals surface area contributed by atoms with E-state index in [1.807, 2.05) is 50.1 Å². The molecule has 2 aromatic heterocycles. The number of nitrogens with zero attached hydrogens (tertiary/aromatic N) is 8. The van der Waals surface area contributed by atoms with Crippen LogP contribution < -0.4 is 9.91 Å². The van der Waals surface area contributed by atoms with Crippen LogP contribution >= 0.6 is 11.6 Å². The number of hydrogen-bond acceptors (Lipinski definition) is 7. The third-order valence-electron chi connectivity index (χ3n) is 6.58. The maximum absolute atomic E-state index is 6.33. The average molecular weight is 477 g/mol. The van der Waals surface area contributed by atoms with E-state index in [1.165, 1.54) is 5.56 Å². The lowest BCUT2D eigenvalue weighted by Crippen LogP contribution is -2.26. The molecule has 0 amide bonds. The zero-order chi connectivity index (χ0) is 24.4. The standard InChI is InChI=1S/C25H29ClN8/c1-14-10-16(3)33(30-14)23-27-22(28-24(29-23)34-17(4)11-15(2)31-34)13-21-25(5,6)19-12-18(26)8-9-20(19)32(21)7/h8-10,12-13,17H,11H2,1-7H3/b21-13-. The second-order valence-corrected chi connectivity index (χ2v) is 10.2. The van der Waals surface area contributed by atoms with E-state index in [0.29, 0.717) is 17.7 Å². The molecule has 1 aromatic carbocycles. The lowest BCUT2D eigenvalue weighted by atomic mass is 9.84. The Morgan fingerprint density at radius 3 is 2.44 bits per heavy atom. The number of hydrogen-bond donors (Lipinski definition) is 0. The van der Waals surface area contributed by atoms with Crippen LogP contribution in [0.4, 0.5) is 11.6 Å². The van der Waals surface area contributed by atoms with E-state index in [4.69, 9.17) is 26.6 Å². The summed E-state index contributed by atoms with van der Waals surface area (Å²) < 4.78 is 1.76. The van der Waals surface area contributed by atoms with Gasteiger partial charge in [0.05, 0.1) is 11.7 Å². The van der Waals surface area contributed by atoms with Gasteiger partial charge in [-0.2, -0.15) is 25.2 Å². The Kier molecular flexibility index (Phi) is 5.24. The largest absolute Gasteiger partial charge is 0.347 e. The molecule has 0 fully saturated rings. The summed E-state index contributed by atoms with van der Waals surface area (Å²) in [5.41, 5.74) is 6.04. The minimum absolute atomic E-state index is 0.174. The zero-order valence-corrected chi connectivity index (χ0v) is 21.4. The second kappa shape index (κ2) is 7.91. The summed E-state index contributed by atoms with van der Waals surface area (Å²) in [7, 11) is 2.06. The Hall–Kier alpha value is -3.26. The van der Waals surface area contributed by atoms with E-state index < -0.39 is 0 Å². The number of aryl methyl sites for hydroxylation is 2. The molecule has 0 spiro atoms. The quantitative estimate of drug-likeness (QED) is 0.525. The molecule has 1 unspecified atom stereocenters. The normalized spacial score (nSPS) is 20.3. The molecule has 0 aliphatic carbocycles. The molecule has 0 bridgehead atoms. The van der Waals surface area contributed by atoms with Gasteiger partial charge in [-0.3, -0.25) is 0 Å². The Morgan fingerprint density at radius 2 is 1.79 bits per heavy atom. The van der Waals surface area contributed by atoms with Gasteiger partial charge in [0.25, 0.3) is 11.9 Å². The Labute approximate surface area is 205 Å². The van der Waals surface area contributed by atoms with Gasteiger partial charge in [0.1, 0.15) is 0 Å². The van der Waals surface area contributed by atoms with Crippen molar-refractivity contribution in [3.63, 3.8) is 0 Å². The number of rotatable bonds is 3. The Morgan fingerprint density at radius 1 is 1.06 bits per heavy atom. The van der Waals surface area contributed by atoms with Gasteiger partial charge in [-0.1, -0.05) is 25.4 Å². The van der Waals surface area contributed by atoms with Crippen molar-refractivity contribution in [3.05, 3.63) is 57.8 Å². The number of likely N-dealkylation sites (N-methyl/N-ethyl adjacent to an activating group) is 1. The van der Waals surface area contributed by atoms with Crippen molar-refractivity contribution in [1.82, 2.24) is 24.7 Å². The summed E-state index contributed by atoms with van der Waals surface area (Å²) in [6.45, 7) is 12.5. The first-order valence-electron chi connectivity index (χ1n) is 11.4. The Bertz CT molecular complexity index is 1350. The molecular weight excluding hydrogens is 448 g/mol. The predicted octanol–water partition coefficient (Wildman–Crippen LogP) is 5.07. The minimum atomic E-state index is -0.268. The molecule has 1 atom stereocenters. The van der Waals surface area contributed by atoms with E-state index in [2.05, 4.69) is 49.0 Å². The first-order chi connectivity index (χ1) is 16.0. The zero-order valence-electron chi connectivity index (χ0n) is 20.6. The lowest BCUT2D eigenvalue weighted by Gasteiger charge is -2.24. The topological polar surface area (TPSA) is 75.3 Å². The summed E-state index contributed by atoms with van der Waals surface area (Å²) in [6, 6.07) is 8.21. The van der Waals surface area contributed by atoms with Gasteiger partial charge in [0.2, 0.25) is 0 Å². The molecular formula is C25H29ClN8. The van der Waals surface area contributed by atoms with Crippen molar-refractivity contribution in [3.8, 4) is 5.95 Å². The SMILES string of the molecule is CC1=NN(c2nc(/C=C3\N(C)c4ccc(Cl)cc4C3(C)C)nc(-n3nc(C)cc3C)n2)C(C)C1.